The summed E-state index contributed by atoms with van der Waals surface area (Å²) in [6.45, 7) is 4.76. The molecule has 9 heteroatoms. The van der Waals surface area contributed by atoms with Gasteiger partial charge in [-0.15, -0.1) is 0 Å². The summed E-state index contributed by atoms with van der Waals surface area (Å²) in [5, 5.41) is 0. The molecule has 0 radical (unpaired) electrons. The highest BCUT2D eigenvalue weighted by Gasteiger charge is 2.32. The van der Waals surface area contributed by atoms with E-state index in [1.54, 1.807) is 36.1 Å². The topological polar surface area (TPSA) is 83.7 Å². The first kappa shape index (κ1) is 20.3. The average molecular weight is 431 g/mol. The van der Waals surface area contributed by atoms with Gasteiger partial charge in [-0.05, 0) is 31.2 Å². The fourth-order valence-electron chi connectivity index (χ4n) is 3.68. The minimum Gasteiger partial charge on any atom is -0.423 e. The molecule has 0 N–H and O–H groups in total. The molecular weight excluding hydrogens is 409 g/mol. The number of fused-ring (bicyclic) bond motifs is 1. The molecule has 30 heavy (non-hydrogen) atoms. The zero-order chi connectivity index (χ0) is 21.5. The van der Waals surface area contributed by atoms with E-state index >= 15 is 0 Å². The Labute approximate surface area is 174 Å². The second kappa shape index (κ2) is 7.71. The Kier molecular flexibility index (Phi) is 5.23. The van der Waals surface area contributed by atoms with Crippen molar-refractivity contribution in [1.29, 1.82) is 0 Å². The molecule has 1 amide bonds. The van der Waals surface area contributed by atoms with Crippen LogP contribution in [0.1, 0.15) is 24.2 Å². The van der Waals surface area contributed by atoms with Crippen LogP contribution >= 0.6 is 0 Å². The van der Waals surface area contributed by atoms with Crippen LogP contribution in [0.4, 0.5) is 10.4 Å². The molecule has 0 bridgehead atoms. The molecule has 1 atom stereocenters. The Bertz CT molecular complexity index is 1210. The third-order valence-corrected chi connectivity index (χ3v) is 7.12. The van der Waals surface area contributed by atoms with Gasteiger partial charge in [-0.2, -0.15) is 4.98 Å². The third-order valence-electron chi connectivity index (χ3n) is 5.33. The maximum absolute atomic E-state index is 13.4. The lowest BCUT2D eigenvalue weighted by atomic mass is 10.1. The van der Waals surface area contributed by atoms with Gasteiger partial charge in [0.05, 0.1) is 16.2 Å². The predicted molar refractivity (Wildman–Crippen MR) is 111 cm³/mol. The molecule has 1 aliphatic rings. The Morgan fingerprint density at radius 3 is 2.73 bits per heavy atom. The fraction of sp³-hybridized carbons (Fsp3) is 0.333. The number of aromatic nitrogens is 1. The number of carbonyl (C=O) groups excluding carboxylic acids is 1. The van der Waals surface area contributed by atoms with Crippen LogP contribution in [0.5, 0.6) is 0 Å². The second-order valence-electron chi connectivity index (χ2n) is 7.30. The van der Waals surface area contributed by atoms with Gasteiger partial charge in [0.2, 0.25) is 0 Å². The van der Waals surface area contributed by atoms with Crippen molar-refractivity contribution < 1.29 is 22.0 Å². The molecule has 1 saturated heterocycles. The molecule has 1 aromatic heterocycles. The number of amides is 1. The van der Waals surface area contributed by atoms with Crippen molar-refractivity contribution >= 4 is 32.9 Å². The summed E-state index contributed by atoms with van der Waals surface area (Å²) < 4.78 is 43.9. The van der Waals surface area contributed by atoms with E-state index in [4.69, 9.17) is 4.42 Å². The van der Waals surface area contributed by atoms with Crippen LogP contribution in [0.3, 0.4) is 0 Å². The lowest BCUT2D eigenvalue weighted by Gasteiger charge is -2.39. The first-order valence-electron chi connectivity index (χ1n) is 9.74. The third kappa shape index (κ3) is 3.65. The molecule has 2 aromatic carbocycles. The second-order valence-corrected chi connectivity index (χ2v) is 9.55. The van der Waals surface area contributed by atoms with Crippen molar-refractivity contribution in [3.05, 3.63) is 53.8 Å². The van der Waals surface area contributed by atoms with E-state index in [1.807, 2.05) is 11.8 Å². The van der Waals surface area contributed by atoms with Gasteiger partial charge in [0.15, 0.2) is 15.4 Å². The monoisotopic (exact) mass is 431 g/mol. The van der Waals surface area contributed by atoms with Crippen LogP contribution in [0.15, 0.2) is 51.8 Å². The van der Waals surface area contributed by atoms with E-state index in [0.717, 1.165) is 0 Å². The molecule has 1 aliphatic heterocycles. The quantitative estimate of drug-likeness (QED) is 0.631. The maximum atomic E-state index is 13.4. The van der Waals surface area contributed by atoms with Crippen LogP contribution in [-0.4, -0.2) is 55.6 Å². The van der Waals surface area contributed by atoms with Crippen LogP contribution in [0, 0.1) is 5.82 Å². The van der Waals surface area contributed by atoms with E-state index in [-0.39, 0.29) is 28.2 Å². The summed E-state index contributed by atoms with van der Waals surface area (Å²) in [5.41, 5.74) is 1.13. The van der Waals surface area contributed by atoms with E-state index in [0.29, 0.717) is 36.7 Å². The maximum Gasteiger partial charge on any atom is 0.298 e. The Hall–Kier alpha value is -2.94. The first-order valence-corrected chi connectivity index (χ1v) is 11.4. The van der Waals surface area contributed by atoms with Crippen LogP contribution in [0.25, 0.3) is 11.1 Å². The Morgan fingerprint density at radius 2 is 2.00 bits per heavy atom. The van der Waals surface area contributed by atoms with E-state index in [1.165, 1.54) is 18.2 Å². The Balaban J connectivity index is 1.56. The molecule has 0 unspecified atom stereocenters. The number of rotatable bonds is 4. The summed E-state index contributed by atoms with van der Waals surface area (Å²) in [7, 11) is -3.52. The molecule has 7 nitrogen and oxygen atoms in total. The molecule has 4 rings (SSSR count). The van der Waals surface area contributed by atoms with Gasteiger partial charge >= 0.3 is 0 Å². The average Bonchev–Trinajstić information content (AvgIpc) is 3.16. The standard InChI is InChI=1S/C21H22FN3O4S/c1-3-30(27,28)19-7-5-4-6-16(19)20(26)25-11-10-24(13-14(25)2)21-23-17-9-8-15(22)12-18(17)29-21/h4-9,12,14H,3,10-11,13H2,1-2H3/t14-/m1/s1. The molecule has 0 aliphatic carbocycles. The van der Waals surface area contributed by atoms with E-state index in [2.05, 4.69) is 4.98 Å². The number of hydrogen-bond acceptors (Lipinski definition) is 6. The highest BCUT2D eigenvalue weighted by Crippen LogP contribution is 2.26. The molecule has 0 saturated carbocycles. The summed E-state index contributed by atoms with van der Waals surface area (Å²) in [6.07, 6.45) is 0. The minimum atomic E-state index is -3.52. The lowest BCUT2D eigenvalue weighted by molar-refractivity contribution is 0.0667. The van der Waals surface area contributed by atoms with Gasteiger partial charge in [0, 0.05) is 31.7 Å². The van der Waals surface area contributed by atoms with Crippen molar-refractivity contribution in [2.24, 2.45) is 0 Å². The number of piperazine rings is 1. The molecule has 3 aromatic rings. The molecule has 158 valence electrons. The number of anilines is 1. The number of benzene rings is 2. The van der Waals surface area contributed by atoms with Crippen molar-refractivity contribution in [1.82, 2.24) is 9.88 Å². The predicted octanol–water partition coefficient (Wildman–Crippen LogP) is 3.11. The molecule has 1 fully saturated rings. The smallest absolute Gasteiger partial charge is 0.298 e. The summed E-state index contributed by atoms with van der Waals surface area (Å²) in [4.78, 5) is 21.2. The van der Waals surface area contributed by atoms with E-state index in [9.17, 15) is 17.6 Å². The zero-order valence-corrected chi connectivity index (χ0v) is 17.5. The SMILES string of the molecule is CCS(=O)(=O)c1ccccc1C(=O)N1CCN(c2nc3ccc(F)cc3o2)C[C@H]1C. The van der Waals surface area contributed by atoms with E-state index < -0.39 is 15.7 Å². The van der Waals surface area contributed by atoms with Crippen molar-refractivity contribution in [3.63, 3.8) is 0 Å². The molecule has 0 spiro atoms. The van der Waals surface area contributed by atoms with Gasteiger partial charge in [-0.3, -0.25) is 4.79 Å². The van der Waals surface area contributed by atoms with Gasteiger partial charge in [-0.25, -0.2) is 12.8 Å². The number of carbonyl (C=O) groups is 1. The molecular formula is C21H22FN3O4S. The number of oxazole rings is 1. The van der Waals surface area contributed by atoms with Crippen LogP contribution < -0.4 is 4.90 Å². The van der Waals surface area contributed by atoms with Gasteiger partial charge < -0.3 is 14.2 Å². The van der Waals surface area contributed by atoms with Gasteiger partial charge in [-0.1, -0.05) is 19.1 Å². The molecule has 2 heterocycles. The lowest BCUT2D eigenvalue weighted by Crippen LogP contribution is -2.54. The first-order chi connectivity index (χ1) is 14.3. The number of halogens is 1. The van der Waals surface area contributed by atoms with Crippen molar-refractivity contribution in [2.75, 3.05) is 30.3 Å². The zero-order valence-electron chi connectivity index (χ0n) is 16.7. The van der Waals surface area contributed by atoms with Crippen LogP contribution in [0.2, 0.25) is 0 Å². The minimum absolute atomic E-state index is 0.0631. The normalized spacial score (nSPS) is 17.5. The number of nitrogens with zero attached hydrogens (tertiary/aromatic N) is 3. The summed E-state index contributed by atoms with van der Waals surface area (Å²) in [6, 6.07) is 10.7. The Morgan fingerprint density at radius 1 is 1.23 bits per heavy atom. The highest BCUT2D eigenvalue weighted by molar-refractivity contribution is 7.91. The highest BCUT2D eigenvalue weighted by atomic mass is 32.2. The van der Waals surface area contributed by atoms with Crippen molar-refractivity contribution in [3.8, 4) is 0 Å². The number of sulfone groups is 1. The summed E-state index contributed by atoms with van der Waals surface area (Å²) in [5.74, 6) is -0.775. The number of hydrogen-bond donors (Lipinski definition) is 0. The van der Waals surface area contributed by atoms with Crippen LogP contribution in [-0.2, 0) is 9.84 Å². The fourth-order valence-corrected chi connectivity index (χ4v) is 4.77. The summed E-state index contributed by atoms with van der Waals surface area (Å²) >= 11 is 0. The van der Waals surface area contributed by atoms with Gasteiger partial charge in [0.25, 0.3) is 11.9 Å². The van der Waals surface area contributed by atoms with Crippen molar-refractivity contribution in [2.45, 2.75) is 24.8 Å². The van der Waals surface area contributed by atoms with Gasteiger partial charge in [0.1, 0.15) is 11.3 Å². The largest absolute Gasteiger partial charge is 0.423 e.